The molecule has 1 heterocycles. The highest BCUT2D eigenvalue weighted by Crippen LogP contribution is 1.99. The summed E-state index contributed by atoms with van der Waals surface area (Å²) in [7, 11) is 3.66. The molecule has 0 bridgehead atoms. The van der Waals surface area contributed by atoms with Crippen LogP contribution in [0.15, 0.2) is 12.3 Å². The quantitative estimate of drug-likeness (QED) is 0.658. The molecule has 74 valence electrons. The van der Waals surface area contributed by atoms with Gasteiger partial charge in [0.2, 0.25) is 0 Å². The first-order valence-corrected chi connectivity index (χ1v) is 4.52. The van der Waals surface area contributed by atoms with Gasteiger partial charge in [0.25, 0.3) is 0 Å². The molecule has 0 aromatic carbocycles. The SMILES string of the molecule is CNCc1ccnn1CCCOC. The van der Waals surface area contributed by atoms with Crippen LogP contribution in [0, 0.1) is 0 Å². The zero-order chi connectivity index (χ0) is 9.52. The van der Waals surface area contributed by atoms with Crippen molar-refractivity contribution in [2.75, 3.05) is 20.8 Å². The third-order valence-corrected chi connectivity index (χ3v) is 1.88. The Balaban J connectivity index is 2.40. The Morgan fingerprint density at radius 2 is 2.46 bits per heavy atom. The van der Waals surface area contributed by atoms with Crippen LogP contribution in [-0.2, 0) is 17.8 Å². The maximum Gasteiger partial charge on any atom is 0.0521 e. The number of hydrogen-bond acceptors (Lipinski definition) is 3. The number of aryl methyl sites for hydroxylation is 1. The summed E-state index contributed by atoms with van der Waals surface area (Å²) in [5.74, 6) is 0. The molecule has 1 rings (SSSR count). The molecule has 0 saturated heterocycles. The predicted octanol–water partition coefficient (Wildman–Crippen LogP) is 0.639. The molecule has 13 heavy (non-hydrogen) atoms. The summed E-state index contributed by atoms with van der Waals surface area (Å²) in [6.07, 6.45) is 2.84. The lowest BCUT2D eigenvalue weighted by Crippen LogP contribution is -2.13. The van der Waals surface area contributed by atoms with E-state index in [4.69, 9.17) is 4.74 Å². The van der Waals surface area contributed by atoms with Crippen molar-refractivity contribution in [1.82, 2.24) is 15.1 Å². The second-order valence-electron chi connectivity index (χ2n) is 2.92. The van der Waals surface area contributed by atoms with E-state index in [0.29, 0.717) is 0 Å². The van der Waals surface area contributed by atoms with Crippen LogP contribution in [-0.4, -0.2) is 30.5 Å². The molecule has 0 fully saturated rings. The molecular formula is C9H17N3O. The second kappa shape index (κ2) is 5.72. The fourth-order valence-corrected chi connectivity index (χ4v) is 1.25. The van der Waals surface area contributed by atoms with E-state index in [0.717, 1.165) is 26.1 Å². The Kier molecular flexibility index (Phi) is 4.49. The zero-order valence-corrected chi connectivity index (χ0v) is 8.29. The van der Waals surface area contributed by atoms with Crippen LogP contribution < -0.4 is 5.32 Å². The van der Waals surface area contributed by atoms with Crippen LogP contribution in [0.4, 0.5) is 0 Å². The smallest absolute Gasteiger partial charge is 0.0521 e. The number of aromatic nitrogens is 2. The van der Waals surface area contributed by atoms with E-state index in [1.807, 2.05) is 24.0 Å². The average molecular weight is 183 g/mol. The molecule has 0 spiro atoms. The van der Waals surface area contributed by atoms with Crippen molar-refractivity contribution in [2.24, 2.45) is 0 Å². The average Bonchev–Trinajstić information content (AvgIpc) is 2.54. The van der Waals surface area contributed by atoms with Crippen molar-refractivity contribution < 1.29 is 4.74 Å². The van der Waals surface area contributed by atoms with Gasteiger partial charge in [-0.2, -0.15) is 5.10 Å². The number of ether oxygens (including phenoxy) is 1. The monoisotopic (exact) mass is 183 g/mol. The van der Waals surface area contributed by atoms with Gasteiger partial charge < -0.3 is 10.1 Å². The van der Waals surface area contributed by atoms with Gasteiger partial charge in [0, 0.05) is 33.0 Å². The molecular weight excluding hydrogens is 166 g/mol. The van der Waals surface area contributed by atoms with Crippen molar-refractivity contribution in [3.63, 3.8) is 0 Å². The fraction of sp³-hybridized carbons (Fsp3) is 0.667. The summed E-state index contributed by atoms with van der Waals surface area (Å²) in [6.45, 7) is 2.59. The van der Waals surface area contributed by atoms with Crippen molar-refractivity contribution in [3.8, 4) is 0 Å². The molecule has 0 amide bonds. The highest BCUT2D eigenvalue weighted by Gasteiger charge is 1.99. The number of nitrogens with zero attached hydrogens (tertiary/aromatic N) is 2. The minimum atomic E-state index is 0.791. The molecule has 1 aromatic heterocycles. The minimum absolute atomic E-state index is 0.791. The van der Waals surface area contributed by atoms with Gasteiger partial charge in [0.1, 0.15) is 0 Å². The third-order valence-electron chi connectivity index (χ3n) is 1.88. The molecule has 4 heteroatoms. The largest absolute Gasteiger partial charge is 0.385 e. The van der Waals surface area contributed by atoms with Gasteiger partial charge in [-0.1, -0.05) is 0 Å². The predicted molar refractivity (Wildman–Crippen MR) is 51.5 cm³/mol. The summed E-state index contributed by atoms with van der Waals surface area (Å²) in [4.78, 5) is 0. The van der Waals surface area contributed by atoms with Gasteiger partial charge in [-0.15, -0.1) is 0 Å². The van der Waals surface area contributed by atoms with E-state index in [-0.39, 0.29) is 0 Å². The van der Waals surface area contributed by atoms with Gasteiger partial charge in [-0.3, -0.25) is 4.68 Å². The molecule has 0 atom stereocenters. The lowest BCUT2D eigenvalue weighted by molar-refractivity contribution is 0.188. The summed E-state index contributed by atoms with van der Waals surface area (Å²) >= 11 is 0. The molecule has 1 aromatic rings. The van der Waals surface area contributed by atoms with E-state index in [1.165, 1.54) is 5.69 Å². The van der Waals surface area contributed by atoms with Crippen LogP contribution in [0.25, 0.3) is 0 Å². The normalized spacial score (nSPS) is 10.6. The highest BCUT2D eigenvalue weighted by atomic mass is 16.5. The Hall–Kier alpha value is -0.870. The minimum Gasteiger partial charge on any atom is -0.385 e. The second-order valence-corrected chi connectivity index (χ2v) is 2.92. The van der Waals surface area contributed by atoms with Crippen LogP contribution in [0.3, 0.4) is 0 Å². The van der Waals surface area contributed by atoms with Crippen molar-refractivity contribution >= 4 is 0 Å². The van der Waals surface area contributed by atoms with Gasteiger partial charge in [0.05, 0.1) is 5.69 Å². The summed E-state index contributed by atoms with van der Waals surface area (Å²) in [5.41, 5.74) is 1.22. The Bertz CT molecular complexity index is 235. The number of hydrogen-bond donors (Lipinski definition) is 1. The molecule has 4 nitrogen and oxygen atoms in total. The van der Waals surface area contributed by atoms with Crippen LogP contribution >= 0.6 is 0 Å². The molecule has 0 saturated carbocycles. The van der Waals surface area contributed by atoms with Gasteiger partial charge >= 0.3 is 0 Å². The van der Waals surface area contributed by atoms with Crippen LogP contribution in [0.2, 0.25) is 0 Å². The Morgan fingerprint density at radius 3 is 3.15 bits per heavy atom. The molecule has 0 unspecified atom stereocenters. The standard InChI is InChI=1S/C9H17N3O/c1-10-8-9-4-5-11-12(9)6-3-7-13-2/h4-5,10H,3,6-8H2,1-2H3. The van der Waals surface area contributed by atoms with Crippen molar-refractivity contribution in [3.05, 3.63) is 18.0 Å². The number of rotatable bonds is 6. The van der Waals surface area contributed by atoms with Crippen LogP contribution in [0.5, 0.6) is 0 Å². The summed E-state index contributed by atoms with van der Waals surface area (Å²) in [6, 6.07) is 2.03. The molecule has 0 aliphatic heterocycles. The van der Waals surface area contributed by atoms with E-state index >= 15 is 0 Å². The molecule has 1 N–H and O–H groups in total. The lowest BCUT2D eigenvalue weighted by Gasteiger charge is -2.06. The topological polar surface area (TPSA) is 39.1 Å². The molecule has 0 aliphatic rings. The van der Waals surface area contributed by atoms with Gasteiger partial charge in [-0.05, 0) is 19.5 Å². The lowest BCUT2D eigenvalue weighted by atomic mass is 10.4. The maximum absolute atomic E-state index is 4.98. The third kappa shape index (κ3) is 3.16. The summed E-state index contributed by atoms with van der Waals surface area (Å²) < 4.78 is 6.99. The Labute approximate surface area is 78.9 Å². The van der Waals surface area contributed by atoms with E-state index in [2.05, 4.69) is 10.4 Å². The molecule has 0 radical (unpaired) electrons. The first-order chi connectivity index (χ1) is 6.38. The van der Waals surface area contributed by atoms with E-state index in [1.54, 1.807) is 7.11 Å². The van der Waals surface area contributed by atoms with Crippen molar-refractivity contribution in [2.45, 2.75) is 19.5 Å². The van der Waals surface area contributed by atoms with Gasteiger partial charge in [-0.25, -0.2) is 0 Å². The molecule has 0 aliphatic carbocycles. The fourth-order valence-electron chi connectivity index (χ4n) is 1.25. The highest BCUT2D eigenvalue weighted by molar-refractivity contribution is 4.99. The van der Waals surface area contributed by atoms with Crippen molar-refractivity contribution in [1.29, 1.82) is 0 Å². The van der Waals surface area contributed by atoms with Gasteiger partial charge in [0.15, 0.2) is 0 Å². The number of nitrogens with one attached hydrogen (secondary N) is 1. The maximum atomic E-state index is 4.98. The van der Waals surface area contributed by atoms with E-state index < -0.39 is 0 Å². The Morgan fingerprint density at radius 1 is 1.62 bits per heavy atom. The summed E-state index contributed by atoms with van der Waals surface area (Å²) in [5, 5.41) is 7.34. The zero-order valence-electron chi connectivity index (χ0n) is 8.29. The number of methoxy groups -OCH3 is 1. The van der Waals surface area contributed by atoms with Crippen LogP contribution in [0.1, 0.15) is 12.1 Å². The first kappa shape index (κ1) is 10.2. The van der Waals surface area contributed by atoms with E-state index in [9.17, 15) is 0 Å². The first-order valence-electron chi connectivity index (χ1n) is 4.52.